The van der Waals surface area contributed by atoms with Crippen molar-refractivity contribution >= 4 is 28.6 Å². The second kappa shape index (κ2) is 2.96. The van der Waals surface area contributed by atoms with Crippen LogP contribution in [0.5, 0.6) is 11.5 Å². The quantitative estimate of drug-likeness (QED) is 0.527. The van der Waals surface area contributed by atoms with Crippen molar-refractivity contribution in [2.24, 2.45) is 0 Å². The first-order valence-electron chi connectivity index (χ1n) is 2.62. The minimum Gasteiger partial charge on any atom is -0.508 e. The van der Waals surface area contributed by atoms with Crippen LogP contribution < -0.4 is 3.53 Å². The van der Waals surface area contributed by atoms with Gasteiger partial charge in [0.2, 0.25) is 0 Å². The number of hydrogen-bond donors (Lipinski definition) is 3. The third kappa shape index (κ3) is 1.66. The summed E-state index contributed by atoms with van der Waals surface area (Å²) in [5.41, 5.74) is 0.679. The monoisotopic (exact) mass is 251 g/mol. The molecular weight excluding hydrogens is 245 g/mol. The molecule has 0 aliphatic carbocycles. The fourth-order valence-electron chi connectivity index (χ4n) is 0.650. The Morgan fingerprint density at radius 1 is 1.10 bits per heavy atom. The molecule has 0 fully saturated rings. The van der Waals surface area contributed by atoms with Crippen LogP contribution in [0, 0.1) is 0 Å². The van der Waals surface area contributed by atoms with E-state index in [0.717, 1.165) is 0 Å². The highest BCUT2D eigenvalue weighted by molar-refractivity contribution is 14.1. The first kappa shape index (κ1) is 7.46. The molecule has 0 saturated carbocycles. The van der Waals surface area contributed by atoms with Crippen molar-refractivity contribution < 1.29 is 10.2 Å². The molecule has 0 heterocycles. The summed E-state index contributed by atoms with van der Waals surface area (Å²) in [4.78, 5) is 0. The van der Waals surface area contributed by atoms with E-state index in [-0.39, 0.29) is 11.5 Å². The Bertz CT molecular complexity index is 219. The van der Waals surface area contributed by atoms with Gasteiger partial charge in [-0.3, -0.25) is 0 Å². The lowest BCUT2D eigenvalue weighted by atomic mass is 10.3. The average molecular weight is 251 g/mol. The number of phenols is 2. The lowest BCUT2D eigenvalue weighted by molar-refractivity contribution is 0.451. The van der Waals surface area contributed by atoms with Crippen LogP contribution in [-0.2, 0) is 0 Å². The van der Waals surface area contributed by atoms with E-state index in [1.165, 1.54) is 18.2 Å². The summed E-state index contributed by atoms with van der Waals surface area (Å²) in [7, 11) is 0. The number of nitrogens with one attached hydrogen (secondary N) is 1. The molecule has 1 rings (SSSR count). The highest BCUT2D eigenvalue weighted by Gasteiger charge is 1.95. The fraction of sp³-hybridized carbons (Fsp3) is 0. The summed E-state index contributed by atoms with van der Waals surface area (Å²) < 4.78 is 2.76. The predicted molar refractivity (Wildman–Crippen MR) is 47.4 cm³/mol. The summed E-state index contributed by atoms with van der Waals surface area (Å²) in [5.74, 6) is 0.110. The van der Waals surface area contributed by atoms with E-state index < -0.39 is 0 Å². The molecule has 1 aromatic carbocycles. The average Bonchev–Trinajstić information content (AvgIpc) is 1.85. The lowest BCUT2D eigenvalue weighted by Crippen LogP contribution is -1.77. The molecule has 3 N–H and O–H groups in total. The van der Waals surface area contributed by atoms with Crippen LogP contribution in [0.2, 0.25) is 0 Å². The van der Waals surface area contributed by atoms with Gasteiger partial charge in [0, 0.05) is 18.2 Å². The van der Waals surface area contributed by atoms with E-state index in [4.69, 9.17) is 10.2 Å². The molecule has 1 aromatic rings. The number of hydrogen-bond acceptors (Lipinski definition) is 3. The maximum Gasteiger partial charge on any atom is 0.121 e. The highest BCUT2D eigenvalue weighted by Crippen LogP contribution is 2.24. The van der Waals surface area contributed by atoms with E-state index in [0.29, 0.717) is 5.69 Å². The van der Waals surface area contributed by atoms with Gasteiger partial charge in [0.05, 0.1) is 28.6 Å². The van der Waals surface area contributed by atoms with Crippen molar-refractivity contribution in [3.8, 4) is 11.5 Å². The molecule has 0 radical (unpaired) electrons. The standard InChI is InChI=1S/C6H6INO2/c7-8-4-1-5(9)3-6(10)2-4/h1-3,8-10H. The van der Waals surface area contributed by atoms with E-state index in [9.17, 15) is 0 Å². The largest absolute Gasteiger partial charge is 0.508 e. The summed E-state index contributed by atoms with van der Waals surface area (Å²) in [6, 6.07) is 4.32. The van der Waals surface area contributed by atoms with Gasteiger partial charge in [-0.25, -0.2) is 0 Å². The first-order chi connectivity index (χ1) is 4.72. The zero-order valence-corrected chi connectivity index (χ0v) is 7.16. The van der Waals surface area contributed by atoms with E-state index in [1.807, 2.05) is 22.9 Å². The number of rotatable bonds is 1. The number of halogens is 1. The molecule has 0 spiro atoms. The molecule has 54 valence electrons. The van der Waals surface area contributed by atoms with Gasteiger partial charge in [0.15, 0.2) is 0 Å². The van der Waals surface area contributed by atoms with Crippen LogP contribution >= 0.6 is 22.9 Å². The van der Waals surface area contributed by atoms with Crippen LogP contribution in [-0.4, -0.2) is 10.2 Å². The number of phenolic OH excluding ortho intramolecular Hbond substituents is 2. The van der Waals surface area contributed by atoms with Crippen LogP contribution in [0.25, 0.3) is 0 Å². The normalized spacial score (nSPS) is 9.30. The minimum absolute atomic E-state index is 0.0548. The summed E-state index contributed by atoms with van der Waals surface area (Å²) in [6.07, 6.45) is 0. The topological polar surface area (TPSA) is 52.5 Å². The first-order valence-corrected chi connectivity index (χ1v) is 3.70. The van der Waals surface area contributed by atoms with Crippen LogP contribution in [0.4, 0.5) is 5.69 Å². The highest BCUT2D eigenvalue weighted by atomic mass is 127. The van der Waals surface area contributed by atoms with Gasteiger partial charge >= 0.3 is 0 Å². The molecule has 3 nitrogen and oxygen atoms in total. The third-order valence-electron chi connectivity index (χ3n) is 1.01. The molecule has 0 aliphatic heterocycles. The smallest absolute Gasteiger partial charge is 0.121 e. The summed E-state index contributed by atoms with van der Waals surface area (Å²) >= 11 is 1.91. The third-order valence-corrected chi connectivity index (χ3v) is 1.63. The van der Waals surface area contributed by atoms with Crippen molar-refractivity contribution in [1.29, 1.82) is 0 Å². The summed E-state index contributed by atoms with van der Waals surface area (Å²) in [6.45, 7) is 0. The van der Waals surface area contributed by atoms with Crippen molar-refractivity contribution in [1.82, 2.24) is 0 Å². The maximum absolute atomic E-state index is 8.92. The van der Waals surface area contributed by atoms with Crippen LogP contribution in [0.15, 0.2) is 18.2 Å². The second-order valence-electron chi connectivity index (χ2n) is 1.83. The molecule has 10 heavy (non-hydrogen) atoms. The zero-order valence-electron chi connectivity index (χ0n) is 5.00. The Morgan fingerprint density at radius 2 is 1.60 bits per heavy atom. The van der Waals surface area contributed by atoms with Crippen molar-refractivity contribution in [3.05, 3.63) is 18.2 Å². The van der Waals surface area contributed by atoms with Crippen LogP contribution in [0.1, 0.15) is 0 Å². The molecule has 0 unspecified atom stereocenters. The molecule has 0 bridgehead atoms. The van der Waals surface area contributed by atoms with Gasteiger partial charge in [-0.1, -0.05) is 0 Å². The Kier molecular flexibility index (Phi) is 2.21. The number of aromatic hydroxyl groups is 2. The zero-order chi connectivity index (χ0) is 7.56. The molecule has 0 amide bonds. The fourth-order valence-corrected chi connectivity index (χ4v) is 0.961. The van der Waals surface area contributed by atoms with Crippen molar-refractivity contribution in [2.75, 3.05) is 3.53 Å². The van der Waals surface area contributed by atoms with E-state index in [1.54, 1.807) is 0 Å². The van der Waals surface area contributed by atoms with E-state index >= 15 is 0 Å². The van der Waals surface area contributed by atoms with E-state index in [2.05, 4.69) is 3.53 Å². The minimum atomic E-state index is 0.0548. The molecule has 4 heteroatoms. The number of anilines is 1. The predicted octanol–water partition coefficient (Wildman–Crippen LogP) is 1.86. The Hall–Kier alpha value is -0.650. The van der Waals surface area contributed by atoms with Gasteiger partial charge in [0.25, 0.3) is 0 Å². The molecule has 0 saturated heterocycles. The molecule has 0 aromatic heterocycles. The number of benzene rings is 1. The molecule has 0 aliphatic rings. The summed E-state index contributed by atoms with van der Waals surface area (Å²) in [5, 5.41) is 17.8. The maximum atomic E-state index is 8.92. The SMILES string of the molecule is Oc1cc(O)cc(NI)c1. The Morgan fingerprint density at radius 3 is 2.00 bits per heavy atom. The van der Waals surface area contributed by atoms with Gasteiger partial charge in [0.1, 0.15) is 11.5 Å². The second-order valence-corrected chi connectivity index (χ2v) is 2.37. The van der Waals surface area contributed by atoms with Gasteiger partial charge in [-0.15, -0.1) is 0 Å². The Balaban J connectivity index is 3.06. The van der Waals surface area contributed by atoms with Gasteiger partial charge < -0.3 is 13.7 Å². The molecular formula is C6H6INO2. The van der Waals surface area contributed by atoms with Crippen LogP contribution in [0.3, 0.4) is 0 Å². The van der Waals surface area contributed by atoms with Crippen molar-refractivity contribution in [3.63, 3.8) is 0 Å². The Labute approximate surface area is 72.2 Å². The lowest BCUT2D eigenvalue weighted by Gasteiger charge is -1.99. The van der Waals surface area contributed by atoms with Gasteiger partial charge in [-0.2, -0.15) is 0 Å². The van der Waals surface area contributed by atoms with Gasteiger partial charge in [-0.05, 0) is 0 Å². The molecule has 0 atom stereocenters. The van der Waals surface area contributed by atoms with Crippen molar-refractivity contribution in [2.45, 2.75) is 0 Å².